The minimum absolute atomic E-state index is 0.327. The summed E-state index contributed by atoms with van der Waals surface area (Å²) in [7, 11) is 5.47. The van der Waals surface area contributed by atoms with E-state index in [1.54, 1.807) is 0 Å². The fraction of sp³-hybridized carbons (Fsp3) is 1.00. The molecule has 0 heterocycles. The zero-order valence-corrected chi connectivity index (χ0v) is 11.0. The molecule has 0 aliphatic heterocycles. The lowest BCUT2D eigenvalue weighted by Crippen LogP contribution is -2.42. The molecule has 16 heavy (non-hydrogen) atoms. The third-order valence-corrected chi connectivity index (χ3v) is 5.64. The Hall–Kier alpha value is 0.0249. The molecule has 2 fully saturated rings. The van der Waals surface area contributed by atoms with Crippen molar-refractivity contribution >= 4 is 8.05 Å². The highest BCUT2D eigenvalue weighted by Crippen LogP contribution is 2.58. The molecule has 2 aliphatic carbocycles. The Morgan fingerprint density at radius 1 is 1.38 bits per heavy atom. The SMILES string of the molecule is [B]O[C@H]1CCC[C@@]2(C)C1CCC2[C@@H](C)CC. The number of fused-ring (bicyclic) bond motifs is 1. The van der Waals surface area contributed by atoms with Crippen LogP contribution in [0.2, 0.25) is 0 Å². The van der Waals surface area contributed by atoms with Crippen LogP contribution in [0.4, 0.5) is 0 Å². The van der Waals surface area contributed by atoms with E-state index in [2.05, 4.69) is 20.8 Å². The average Bonchev–Trinajstić information content (AvgIpc) is 2.64. The minimum atomic E-state index is 0.327. The van der Waals surface area contributed by atoms with Gasteiger partial charge in [-0.3, -0.25) is 0 Å². The average molecular weight is 220 g/mol. The predicted octanol–water partition coefficient (Wildman–Crippen LogP) is 3.72. The van der Waals surface area contributed by atoms with Gasteiger partial charge in [-0.25, -0.2) is 0 Å². The van der Waals surface area contributed by atoms with E-state index in [1.807, 2.05) is 0 Å². The largest absolute Gasteiger partial charge is 0.445 e. The molecule has 0 spiro atoms. The molecule has 0 bridgehead atoms. The van der Waals surface area contributed by atoms with Crippen molar-refractivity contribution in [2.24, 2.45) is 23.2 Å². The summed E-state index contributed by atoms with van der Waals surface area (Å²) in [6.07, 6.45) is 8.19. The monoisotopic (exact) mass is 220 g/mol. The third-order valence-electron chi connectivity index (χ3n) is 5.64. The standard InChI is InChI=1S/C14H25BO/c1-4-10(2)11-7-8-12-13(16-15)6-5-9-14(11,12)3/h10-13H,4-9H2,1-3H3/t10-,11?,12?,13-,14+/m0/s1. The summed E-state index contributed by atoms with van der Waals surface area (Å²) in [6, 6.07) is 0. The van der Waals surface area contributed by atoms with E-state index < -0.39 is 0 Å². The van der Waals surface area contributed by atoms with E-state index in [1.165, 1.54) is 38.5 Å². The van der Waals surface area contributed by atoms with Crippen molar-refractivity contribution in [1.29, 1.82) is 0 Å². The highest BCUT2D eigenvalue weighted by atomic mass is 16.4. The molecule has 2 rings (SSSR count). The maximum atomic E-state index is 5.47. The normalized spacial score (nSPS) is 45.3. The Bertz CT molecular complexity index is 235. The van der Waals surface area contributed by atoms with E-state index >= 15 is 0 Å². The molecule has 1 nitrogen and oxygen atoms in total. The molecule has 2 saturated carbocycles. The van der Waals surface area contributed by atoms with Crippen LogP contribution in [-0.2, 0) is 4.65 Å². The van der Waals surface area contributed by atoms with Crippen LogP contribution in [0.1, 0.15) is 59.3 Å². The highest BCUT2D eigenvalue weighted by molar-refractivity contribution is 5.98. The third kappa shape index (κ3) is 1.83. The van der Waals surface area contributed by atoms with Crippen molar-refractivity contribution in [2.45, 2.75) is 65.4 Å². The Labute approximate surface area is 102 Å². The Kier molecular flexibility index (Phi) is 3.68. The number of hydrogen-bond acceptors (Lipinski definition) is 1. The summed E-state index contributed by atoms with van der Waals surface area (Å²) in [5, 5.41) is 0. The molecular weight excluding hydrogens is 195 g/mol. The first-order valence-electron chi connectivity index (χ1n) is 6.99. The van der Waals surface area contributed by atoms with Crippen LogP contribution in [0, 0.1) is 23.2 Å². The van der Waals surface area contributed by atoms with Crippen LogP contribution in [-0.4, -0.2) is 14.2 Å². The van der Waals surface area contributed by atoms with Crippen LogP contribution >= 0.6 is 0 Å². The van der Waals surface area contributed by atoms with Gasteiger partial charge in [-0.05, 0) is 48.9 Å². The number of hydrogen-bond donors (Lipinski definition) is 0. The Morgan fingerprint density at radius 3 is 2.75 bits per heavy atom. The van der Waals surface area contributed by atoms with Gasteiger partial charge in [0, 0.05) is 6.10 Å². The summed E-state index contributed by atoms with van der Waals surface area (Å²) in [4.78, 5) is 0. The Morgan fingerprint density at radius 2 is 2.12 bits per heavy atom. The zero-order valence-electron chi connectivity index (χ0n) is 11.0. The van der Waals surface area contributed by atoms with E-state index in [-0.39, 0.29) is 0 Å². The van der Waals surface area contributed by atoms with E-state index in [4.69, 9.17) is 12.7 Å². The summed E-state index contributed by atoms with van der Waals surface area (Å²) < 4.78 is 5.23. The molecule has 0 N–H and O–H groups in total. The van der Waals surface area contributed by atoms with E-state index in [0.29, 0.717) is 17.4 Å². The van der Waals surface area contributed by atoms with Gasteiger partial charge in [0.15, 0.2) is 0 Å². The lowest BCUT2D eigenvalue weighted by molar-refractivity contribution is -0.0111. The van der Waals surface area contributed by atoms with Gasteiger partial charge in [-0.15, -0.1) is 0 Å². The summed E-state index contributed by atoms with van der Waals surface area (Å²) in [5.74, 6) is 2.46. The molecule has 5 atom stereocenters. The second kappa shape index (κ2) is 4.72. The van der Waals surface area contributed by atoms with Crippen molar-refractivity contribution in [1.82, 2.24) is 0 Å². The summed E-state index contributed by atoms with van der Waals surface area (Å²) in [5.41, 5.74) is 0.498. The van der Waals surface area contributed by atoms with Gasteiger partial charge in [0.1, 0.15) is 0 Å². The van der Waals surface area contributed by atoms with Crippen LogP contribution < -0.4 is 0 Å². The maximum absolute atomic E-state index is 5.47. The van der Waals surface area contributed by atoms with Gasteiger partial charge in [-0.2, -0.15) is 0 Å². The minimum Gasteiger partial charge on any atom is -0.445 e. The lowest BCUT2D eigenvalue weighted by atomic mass is 9.61. The van der Waals surface area contributed by atoms with E-state index in [9.17, 15) is 0 Å². The van der Waals surface area contributed by atoms with Crippen LogP contribution in [0.25, 0.3) is 0 Å². The topological polar surface area (TPSA) is 9.23 Å². The molecule has 2 heteroatoms. The fourth-order valence-electron chi connectivity index (χ4n) is 4.54. The molecule has 0 aromatic heterocycles. The van der Waals surface area contributed by atoms with Gasteiger partial charge in [0.25, 0.3) is 8.05 Å². The van der Waals surface area contributed by atoms with Crippen molar-refractivity contribution in [3.05, 3.63) is 0 Å². The van der Waals surface area contributed by atoms with Crippen LogP contribution in [0.15, 0.2) is 0 Å². The van der Waals surface area contributed by atoms with Crippen molar-refractivity contribution in [3.8, 4) is 0 Å². The molecule has 90 valence electrons. The molecular formula is C14H25BO. The van der Waals surface area contributed by atoms with E-state index in [0.717, 1.165) is 11.8 Å². The van der Waals surface area contributed by atoms with Crippen molar-refractivity contribution in [2.75, 3.05) is 0 Å². The molecule has 2 aliphatic rings. The molecule has 0 aromatic rings. The van der Waals surface area contributed by atoms with Crippen molar-refractivity contribution in [3.63, 3.8) is 0 Å². The molecule has 0 saturated heterocycles. The van der Waals surface area contributed by atoms with Gasteiger partial charge in [0.05, 0.1) is 0 Å². The summed E-state index contributed by atoms with van der Waals surface area (Å²) >= 11 is 0. The summed E-state index contributed by atoms with van der Waals surface area (Å²) in [6.45, 7) is 7.24. The Balaban J connectivity index is 2.17. The quantitative estimate of drug-likeness (QED) is 0.658. The first kappa shape index (κ1) is 12.5. The first-order chi connectivity index (χ1) is 7.63. The van der Waals surface area contributed by atoms with Crippen LogP contribution in [0.5, 0.6) is 0 Å². The van der Waals surface area contributed by atoms with Crippen LogP contribution in [0.3, 0.4) is 0 Å². The zero-order chi connectivity index (χ0) is 11.8. The van der Waals surface area contributed by atoms with Gasteiger partial charge in [0.2, 0.25) is 0 Å². The first-order valence-corrected chi connectivity index (χ1v) is 6.99. The molecule has 0 amide bonds. The smallest absolute Gasteiger partial charge is 0.283 e. The van der Waals surface area contributed by atoms with Gasteiger partial charge >= 0.3 is 0 Å². The fourth-order valence-corrected chi connectivity index (χ4v) is 4.54. The molecule has 2 unspecified atom stereocenters. The highest BCUT2D eigenvalue weighted by Gasteiger charge is 2.52. The van der Waals surface area contributed by atoms with Gasteiger partial charge in [-0.1, -0.05) is 33.6 Å². The molecule has 0 aromatic carbocycles. The lowest BCUT2D eigenvalue weighted by Gasteiger charge is -2.46. The second-order valence-electron chi connectivity index (χ2n) is 6.25. The maximum Gasteiger partial charge on any atom is 0.283 e. The van der Waals surface area contributed by atoms with Gasteiger partial charge < -0.3 is 4.65 Å². The van der Waals surface area contributed by atoms with Crippen molar-refractivity contribution < 1.29 is 4.65 Å². The predicted molar refractivity (Wildman–Crippen MR) is 68.3 cm³/mol. The second-order valence-corrected chi connectivity index (χ2v) is 6.25. The number of rotatable bonds is 3. The molecule has 2 radical (unpaired) electrons.